The van der Waals surface area contributed by atoms with Crippen LogP contribution >= 0.6 is 0 Å². The number of rotatable bonds is 6. The molecule has 126 valence electrons. The van der Waals surface area contributed by atoms with Gasteiger partial charge in [0.1, 0.15) is 5.76 Å². The molecule has 0 N–H and O–H groups in total. The molecule has 0 aliphatic rings. The molecule has 7 nitrogen and oxygen atoms in total. The number of nitrogens with zero attached hydrogens (tertiary/aromatic N) is 3. The van der Waals surface area contributed by atoms with Crippen LogP contribution < -0.4 is 9.47 Å². The van der Waals surface area contributed by atoms with Crippen LogP contribution in [0, 0.1) is 13.8 Å². The van der Waals surface area contributed by atoms with Crippen LogP contribution in [0.3, 0.4) is 0 Å². The van der Waals surface area contributed by atoms with Gasteiger partial charge in [-0.3, -0.25) is 0 Å². The highest BCUT2D eigenvalue weighted by Gasteiger charge is 2.15. The molecule has 3 aromatic rings. The van der Waals surface area contributed by atoms with Gasteiger partial charge in [-0.1, -0.05) is 16.4 Å². The average molecular weight is 329 g/mol. The van der Waals surface area contributed by atoms with Crippen molar-refractivity contribution in [2.75, 3.05) is 14.2 Å². The maximum absolute atomic E-state index is 5.34. The van der Waals surface area contributed by atoms with Gasteiger partial charge in [0, 0.05) is 12.0 Å². The highest BCUT2D eigenvalue weighted by molar-refractivity contribution is 5.43. The summed E-state index contributed by atoms with van der Waals surface area (Å²) in [5.74, 6) is 3.29. The highest BCUT2D eigenvalue weighted by atomic mass is 16.5. The number of hydrogen-bond donors (Lipinski definition) is 0. The van der Waals surface area contributed by atoms with E-state index in [4.69, 9.17) is 18.5 Å². The van der Waals surface area contributed by atoms with E-state index in [2.05, 4.69) is 15.3 Å². The minimum atomic E-state index is 0.514. The van der Waals surface area contributed by atoms with Gasteiger partial charge < -0.3 is 18.5 Å². The van der Waals surface area contributed by atoms with Crippen molar-refractivity contribution in [3.05, 3.63) is 52.5 Å². The summed E-state index contributed by atoms with van der Waals surface area (Å²) in [6, 6.07) is 5.72. The van der Waals surface area contributed by atoms with Crippen molar-refractivity contribution >= 4 is 0 Å². The molecule has 7 heteroatoms. The van der Waals surface area contributed by atoms with Crippen molar-refractivity contribution in [1.82, 2.24) is 15.3 Å². The van der Waals surface area contributed by atoms with Crippen molar-refractivity contribution < 1.29 is 18.5 Å². The number of methoxy groups -OCH3 is 2. The lowest BCUT2D eigenvalue weighted by Crippen LogP contribution is -1.96. The monoisotopic (exact) mass is 329 g/mol. The van der Waals surface area contributed by atoms with Crippen LogP contribution in [0.25, 0.3) is 0 Å². The van der Waals surface area contributed by atoms with Gasteiger partial charge in [-0.15, -0.1) is 0 Å². The fraction of sp³-hybridized carbons (Fsp3) is 0.353. The first-order valence-corrected chi connectivity index (χ1v) is 7.54. The molecule has 0 saturated heterocycles. The largest absolute Gasteiger partial charge is 0.493 e. The fourth-order valence-electron chi connectivity index (χ4n) is 2.51. The molecule has 1 aromatic carbocycles. The molecule has 0 unspecified atom stereocenters. The Morgan fingerprint density at radius 2 is 1.75 bits per heavy atom. The van der Waals surface area contributed by atoms with Gasteiger partial charge in [0.05, 0.1) is 26.3 Å². The Labute approximate surface area is 139 Å². The van der Waals surface area contributed by atoms with E-state index in [-0.39, 0.29) is 0 Å². The number of benzene rings is 1. The number of aryl methyl sites for hydroxylation is 2. The van der Waals surface area contributed by atoms with Crippen LogP contribution in [-0.2, 0) is 12.8 Å². The van der Waals surface area contributed by atoms with Crippen molar-refractivity contribution in [1.29, 1.82) is 0 Å². The zero-order chi connectivity index (χ0) is 17.1. The van der Waals surface area contributed by atoms with Gasteiger partial charge in [-0.05, 0) is 31.5 Å². The first kappa shape index (κ1) is 16.0. The molecule has 3 rings (SSSR count). The quantitative estimate of drug-likeness (QED) is 0.687. The minimum absolute atomic E-state index is 0.514. The predicted molar refractivity (Wildman–Crippen MR) is 85.4 cm³/mol. The summed E-state index contributed by atoms with van der Waals surface area (Å²) in [4.78, 5) is 4.44. The summed E-state index contributed by atoms with van der Waals surface area (Å²) in [7, 11) is 3.22. The molecule has 2 aromatic heterocycles. The Morgan fingerprint density at radius 3 is 2.42 bits per heavy atom. The second kappa shape index (κ2) is 6.74. The zero-order valence-corrected chi connectivity index (χ0v) is 14.1. The van der Waals surface area contributed by atoms with Gasteiger partial charge in [0.15, 0.2) is 17.3 Å². The molecule has 0 aliphatic heterocycles. The standard InChI is InChI=1S/C17H19N3O4/c1-10-13(11(2)23-19-10)9-17-18-16(20-24-17)8-12-5-6-14(21-3)15(7-12)22-4/h5-7H,8-9H2,1-4H3. The lowest BCUT2D eigenvalue weighted by Gasteiger charge is -2.08. The van der Waals surface area contributed by atoms with E-state index in [1.807, 2.05) is 32.0 Å². The summed E-state index contributed by atoms with van der Waals surface area (Å²) >= 11 is 0. The lowest BCUT2D eigenvalue weighted by atomic mass is 10.1. The predicted octanol–water partition coefficient (Wildman–Crippen LogP) is 2.87. The van der Waals surface area contributed by atoms with Crippen molar-refractivity contribution in [2.45, 2.75) is 26.7 Å². The van der Waals surface area contributed by atoms with Crippen molar-refractivity contribution in [3.63, 3.8) is 0 Å². The van der Waals surface area contributed by atoms with E-state index in [1.54, 1.807) is 14.2 Å². The Balaban J connectivity index is 1.74. The second-order valence-electron chi connectivity index (χ2n) is 5.45. The Morgan fingerprint density at radius 1 is 0.958 bits per heavy atom. The topological polar surface area (TPSA) is 83.4 Å². The lowest BCUT2D eigenvalue weighted by molar-refractivity contribution is 0.354. The summed E-state index contributed by atoms with van der Waals surface area (Å²) in [5.41, 5.74) is 2.83. The van der Waals surface area contributed by atoms with Crippen LogP contribution in [0.2, 0.25) is 0 Å². The number of hydrogen-bond acceptors (Lipinski definition) is 7. The molecule has 0 radical (unpaired) electrons. The SMILES string of the molecule is COc1ccc(Cc2noc(Cc3c(C)noc3C)n2)cc1OC. The maximum atomic E-state index is 5.34. The Bertz CT molecular complexity index is 819. The third-order valence-corrected chi connectivity index (χ3v) is 3.83. The summed E-state index contributed by atoms with van der Waals surface area (Å²) in [5, 5.41) is 7.97. The minimum Gasteiger partial charge on any atom is -0.493 e. The van der Waals surface area contributed by atoms with E-state index in [1.165, 1.54) is 0 Å². The zero-order valence-electron chi connectivity index (χ0n) is 14.1. The molecule has 24 heavy (non-hydrogen) atoms. The average Bonchev–Trinajstić information content (AvgIpc) is 3.16. The van der Waals surface area contributed by atoms with E-state index in [9.17, 15) is 0 Å². The molecular weight excluding hydrogens is 310 g/mol. The van der Waals surface area contributed by atoms with Crippen LogP contribution in [0.5, 0.6) is 11.5 Å². The second-order valence-corrected chi connectivity index (χ2v) is 5.45. The van der Waals surface area contributed by atoms with Crippen LogP contribution in [0.15, 0.2) is 27.2 Å². The first-order valence-electron chi connectivity index (χ1n) is 7.54. The summed E-state index contributed by atoms with van der Waals surface area (Å²) in [6.45, 7) is 3.77. The summed E-state index contributed by atoms with van der Waals surface area (Å²) < 4.78 is 21.0. The third-order valence-electron chi connectivity index (χ3n) is 3.83. The molecule has 0 amide bonds. The van der Waals surface area contributed by atoms with Crippen LogP contribution in [0.4, 0.5) is 0 Å². The molecule has 0 saturated carbocycles. The van der Waals surface area contributed by atoms with E-state index >= 15 is 0 Å². The molecule has 0 atom stereocenters. The maximum Gasteiger partial charge on any atom is 0.231 e. The normalized spacial score (nSPS) is 10.8. The summed E-state index contributed by atoms with van der Waals surface area (Å²) in [6.07, 6.45) is 1.06. The van der Waals surface area contributed by atoms with Crippen LogP contribution in [0.1, 0.15) is 34.3 Å². The van der Waals surface area contributed by atoms with Crippen LogP contribution in [-0.4, -0.2) is 29.5 Å². The van der Waals surface area contributed by atoms with Gasteiger partial charge in [0.2, 0.25) is 5.89 Å². The molecule has 0 bridgehead atoms. The van der Waals surface area contributed by atoms with Gasteiger partial charge in [-0.25, -0.2) is 0 Å². The Hall–Kier alpha value is -2.83. The molecule has 2 heterocycles. The third kappa shape index (κ3) is 3.24. The molecular formula is C17H19N3O4. The van der Waals surface area contributed by atoms with Gasteiger partial charge in [0.25, 0.3) is 0 Å². The van der Waals surface area contributed by atoms with E-state index < -0.39 is 0 Å². The number of aromatic nitrogens is 3. The van der Waals surface area contributed by atoms with E-state index in [0.29, 0.717) is 36.1 Å². The highest BCUT2D eigenvalue weighted by Crippen LogP contribution is 2.28. The van der Waals surface area contributed by atoms with Gasteiger partial charge >= 0.3 is 0 Å². The fourth-order valence-corrected chi connectivity index (χ4v) is 2.51. The number of ether oxygens (including phenoxy) is 2. The van der Waals surface area contributed by atoms with Crippen molar-refractivity contribution in [3.8, 4) is 11.5 Å². The Kier molecular flexibility index (Phi) is 4.50. The molecule has 0 aliphatic carbocycles. The van der Waals surface area contributed by atoms with E-state index in [0.717, 1.165) is 22.6 Å². The van der Waals surface area contributed by atoms with Gasteiger partial charge in [-0.2, -0.15) is 4.98 Å². The molecule has 0 fully saturated rings. The smallest absolute Gasteiger partial charge is 0.231 e. The van der Waals surface area contributed by atoms with Crippen molar-refractivity contribution in [2.24, 2.45) is 0 Å². The molecule has 0 spiro atoms. The first-order chi connectivity index (χ1) is 11.6.